The first-order valence-corrected chi connectivity index (χ1v) is 10.8. The average Bonchev–Trinajstić information content (AvgIpc) is 2.88. The van der Waals surface area contributed by atoms with E-state index in [4.69, 9.17) is 5.14 Å². The molecule has 0 aromatic heterocycles. The Morgan fingerprint density at radius 1 is 1.07 bits per heavy atom. The quantitative estimate of drug-likeness (QED) is 0.792. The van der Waals surface area contributed by atoms with Gasteiger partial charge in [-0.05, 0) is 49.2 Å². The van der Waals surface area contributed by atoms with Gasteiger partial charge in [0.05, 0.1) is 15.5 Å². The van der Waals surface area contributed by atoms with E-state index < -0.39 is 38.2 Å². The lowest BCUT2D eigenvalue weighted by molar-refractivity contribution is -0.274. The standard InChI is InChI=1S/C16H15F3N2O5S2/c1-10-7-11-8-13(27(20,22)23)5-6-15(11)21(10)28(24,25)14-4-2-3-12(9-14)26-16(17,18)19/h2-6,8-10H,7H2,1H3,(H2,20,22,23). The molecule has 0 spiro atoms. The molecule has 1 atom stereocenters. The van der Waals surface area contributed by atoms with Crippen molar-refractivity contribution in [3.63, 3.8) is 0 Å². The lowest BCUT2D eigenvalue weighted by Crippen LogP contribution is -2.35. The number of nitrogens with two attached hydrogens (primary N) is 1. The summed E-state index contributed by atoms with van der Waals surface area (Å²) >= 11 is 0. The fraction of sp³-hybridized carbons (Fsp3) is 0.250. The molecule has 0 aliphatic carbocycles. The number of nitrogens with zero attached hydrogens (tertiary/aromatic N) is 1. The van der Waals surface area contributed by atoms with Crippen LogP contribution >= 0.6 is 0 Å². The van der Waals surface area contributed by atoms with Crippen molar-refractivity contribution in [2.24, 2.45) is 5.14 Å². The molecule has 0 amide bonds. The second-order valence-corrected chi connectivity index (χ2v) is 9.59. The zero-order chi connectivity index (χ0) is 20.9. The molecule has 3 rings (SSSR count). The zero-order valence-electron chi connectivity index (χ0n) is 14.3. The molecule has 2 aromatic rings. The van der Waals surface area contributed by atoms with E-state index in [1.54, 1.807) is 6.92 Å². The molecule has 0 saturated carbocycles. The van der Waals surface area contributed by atoms with Gasteiger partial charge in [-0.2, -0.15) is 0 Å². The molecule has 1 aliphatic rings. The highest BCUT2D eigenvalue weighted by Gasteiger charge is 2.37. The molecule has 152 valence electrons. The highest BCUT2D eigenvalue weighted by molar-refractivity contribution is 7.93. The SMILES string of the molecule is CC1Cc2cc(S(N)(=O)=O)ccc2N1S(=O)(=O)c1cccc(OC(F)(F)F)c1. The summed E-state index contributed by atoms with van der Waals surface area (Å²) < 4.78 is 91.2. The van der Waals surface area contributed by atoms with E-state index in [9.17, 15) is 30.0 Å². The molecular weight excluding hydrogens is 421 g/mol. The Hall–Kier alpha value is -2.31. The number of fused-ring (bicyclic) bond motifs is 1. The number of benzene rings is 2. The Morgan fingerprint density at radius 3 is 2.36 bits per heavy atom. The zero-order valence-corrected chi connectivity index (χ0v) is 16.0. The summed E-state index contributed by atoms with van der Waals surface area (Å²) in [7, 11) is -8.18. The highest BCUT2D eigenvalue weighted by atomic mass is 32.2. The largest absolute Gasteiger partial charge is 0.573 e. The molecular formula is C16H15F3N2O5S2. The molecule has 0 saturated heterocycles. The van der Waals surface area contributed by atoms with Crippen LogP contribution in [0.2, 0.25) is 0 Å². The van der Waals surface area contributed by atoms with Crippen molar-refractivity contribution < 1.29 is 34.7 Å². The van der Waals surface area contributed by atoms with Crippen molar-refractivity contribution in [3.8, 4) is 5.75 Å². The monoisotopic (exact) mass is 436 g/mol. The summed E-state index contributed by atoms with van der Waals surface area (Å²) in [4.78, 5) is -0.539. The first-order chi connectivity index (χ1) is 12.8. The second-order valence-electron chi connectivity index (χ2n) is 6.21. The number of halogens is 3. The van der Waals surface area contributed by atoms with Crippen LogP contribution in [0.4, 0.5) is 18.9 Å². The van der Waals surface area contributed by atoms with Gasteiger partial charge in [-0.15, -0.1) is 13.2 Å². The number of hydrogen-bond acceptors (Lipinski definition) is 5. The Kier molecular flexibility index (Phi) is 4.84. The molecule has 1 aliphatic heterocycles. The van der Waals surface area contributed by atoms with Crippen LogP contribution in [0, 0.1) is 0 Å². The van der Waals surface area contributed by atoms with Gasteiger partial charge < -0.3 is 4.74 Å². The van der Waals surface area contributed by atoms with Crippen LogP contribution in [0.1, 0.15) is 12.5 Å². The van der Waals surface area contributed by atoms with Crippen molar-refractivity contribution in [2.45, 2.75) is 35.5 Å². The van der Waals surface area contributed by atoms with Crippen LogP contribution < -0.4 is 14.2 Å². The molecule has 0 bridgehead atoms. The van der Waals surface area contributed by atoms with Crippen LogP contribution in [-0.2, 0) is 26.5 Å². The Labute approximate surface area is 159 Å². The van der Waals surface area contributed by atoms with E-state index in [1.165, 1.54) is 18.2 Å². The van der Waals surface area contributed by atoms with E-state index in [0.717, 1.165) is 28.6 Å². The van der Waals surface area contributed by atoms with Gasteiger partial charge in [-0.25, -0.2) is 22.0 Å². The molecule has 0 radical (unpaired) electrons. The maximum atomic E-state index is 13.1. The fourth-order valence-corrected chi connectivity index (χ4v) is 5.36. The molecule has 2 N–H and O–H groups in total. The van der Waals surface area contributed by atoms with Crippen LogP contribution in [-0.4, -0.2) is 29.2 Å². The van der Waals surface area contributed by atoms with E-state index >= 15 is 0 Å². The van der Waals surface area contributed by atoms with E-state index in [1.807, 2.05) is 0 Å². The number of anilines is 1. The minimum Gasteiger partial charge on any atom is -0.406 e. The number of alkyl halides is 3. The fourth-order valence-electron chi connectivity index (χ4n) is 3.07. The summed E-state index contributed by atoms with van der Waals surface area (Å²) in [5.74, 6) is -0.662. The topological polar surface area (TPSA) is 107 Å². The van der Waals surface area contributed by atoms with Crippen LogP contribution in [0.25, 0.3) is 0 Å². The van der Waals surface area contributed by atoms with Gasteiger partial charge in [0, 0.05) is 12.1 Å². The van der Waals surface area contributed by atoms with E-state index in [0.29, 0.717) is 5.56 Å². The van der Waals surface area contributed by atoms with Crippen molar-refractivity contribution >= 4 is 25.7 Å². The van der Waals surface area contributed by atoms with Crippen molar-refractivity contribution in [1.29, 1.82) is 0 Å². The van der Waals surface area contributed by atoms with Gasteiger partial charge in [-0.3, -0.25) is 4.31 Å². The molecule has 2 aromatic carbocycles. The molecule has 1 unspecified atom stereocenters. The van der Waals surface area contributed by atoms with E-state index in [2.05, 4.69) is 4.74 Å². The molecule has 28 heavy (non-hydrogen) atoms. The second kappa shape index (κ2) is 6.64. The average molecular weight is 436 g/mol. The third-order valence-corrected chi connectivity index (χ3v) is 6.96. The molecule has 12 heteroatoms. The number of ether oxygens (including phenoxy) is 1. The number of rotatable bonds is 4. The van der Waals surface area contributed by atoms with Crippen LogP contribution in [0.5, 0.6) is 5.75 Å². The van der Waals surface area contributed by atoms with Crippen LogP contribution in [0.15, 0.2) is 52.3 Å². The normalized spacial score (nSPS) is 17.5. The van der Waals surface area contributed by atoms with Gasteiger partial charge in [-0.1, -0.05) is 6.07 Å². The number of sulfonamides is 2. The maximum Gasteiger partial charge on any atom is 0.573 e. The first-order valence-electron chi connectivity index (χ1n) is 7.85. The number of primary sulfonamides is 1. The highest BCUT2D eigenvalue weighted by Crippen LogP contribution is 2.38. The molecule has 7 nitrogen and oxygen atoms in total. The summed E-state index contributed by atoms with van der Waals surface area (Å²) in [5, 5.41) is 5.10. The van der Waals surface area contributed by atoms with Gasteiger partial charge in [0.1, 0.15) is 5.75 Å². The predicted octanol–water partition coefficient (Wildman–Crippen LogP) is 2.37. The third-order valence-electron chi connectivity index (χ3n) is 4.13. The van der Waals surface area contributed by atoms with E-state index in [-0.39, 0.29) is 21.9 Å². The summed E-state index contributed by atoms with van der Waals surface area (Å²) in [5.41, 5.74) is 0.687. The van der Waals surface area contributed by atoms with Gasteiger partial charge in [0.2, 0.25) is 10.0 Å². The predicted molar refractivity (Wildman–Crippen MR) is 93.8 cm³/mol. The molecule has 0 fully saturated rings. The van der Waals surface area contributed by atoms with Crippen molar-refractivity contribution in [1.82, 2.24) is 0 Å². The minimum absolute atomic E-state index is 0.154. The first kappa shape index (κ1) is 20.4. The van der Waals surface area contributed by atoms with Crippen LogP contribution in [0.3, 0.4) is 0 Å². The lowest BCUT2D eigenvalue weighted by Gasteiger charge is -2.24. The Balaban J connectivity index is 2.04. The van der Waals surface area contributed by atoms with Gasteiger partial charge in [0.25, 0.3) is 10.0 Å². The third kappa shape index (κ3) is 3.93. The van der Waals surface area contributed by atoms with Gasteiger partial charge >= 0.3 is 6.36 Å². The van der Waals surface area contributed by atoms with Gasteiger partial charge in [0.15, 0.2) is 0 Å². The van der Waals surface area contributed by atoms with Crippen molar-refractivity contribution in [2.75, 3.05) is 4.31 Å². The Bertz CT molecular complexity index is 1130. The summed E-state index contributed by atoms with van der Waals surface area (Å²) in [6.07, 6.45) is -4.74. The molecule has 1 heterocycles. The smallest absolute Gasteiger partial charge is 0.406 e. The maximum absolute atomic E-state index is 13.1. The minimum atomic E-state index is -4.96. The summed E-state index contributed by atoms with van der Waals surface area (Å²) in [6.45, 7) is 1.60. The lowest BCUT2D eigenvalue weighted by atomic mass is 10.1. The van der Waals surface area contributed by atoms with Crippen molar-refractivity contribution in [3.05, 3.63) is 48.0 Å². The Morgan fingerprint density at radius 2 is 1.75 bits per heavy atom. The summed E-state index contributed by atoms with van der Waals surface area (Å²) in [6, 6.07) is 7.27. The number of hydrogen-bond donors (Lipinski definition) is 1.